The minimum absolute atomic E-state index is 0.0413. The quantitative estimate of drug-likeness (QED) is 0.0520. The number of aryl methyl sites for hydroxylation is 1. The summed E-state index contributed by atoms with van der Waals surface area (Å²) in [5.74, 6) is -7.49. The largest absolute Gasteiger partial charge is 0.394 e. The fraction of sp³-hybridized carbons (Fsp3) is 0.571. The highest BCUT2D eigenvalue weighted by molar-refractivity contribution is 5.98. The number of aliphatic hydroxyl groups is 2. The first-order valence-corrected chi connectivity index (χ1v) is 17.6. The van der Waals surface area contributed by atoms with Crippen LogP contribution in [0.15, 0.2) is 30.3 Å². The number of amides is 8. The number of carbonyl (C=O) groups excluding carboxylic acids is 9. The summed E-state index contributed by atoms with van der Waals surface area (Å²) in [6, 6.07) is 0.575. The first-order valence-electron chi connectivity index (χ1n) is 17.6. The maximum Gasteiger partial charge on any atom is 0.248 e. The van der Waals surface area contributed by atoms with E-state index in [9.17, 15) is 53.4 Å². The van der Waals surface area contributed by atoms with E-state index in [-0.39, 0.29) is 31.7 Å². The van der Waals surface area contributed by atoms with Crippen molar-refractivity contribution in [3.8, 4) is 0 Å². The highest BCUT2D eigenvalue weighted by Crippen LogP contribution is 2.21. The number of primary amides is 2. The van der Waals surface area contributed by atoms with Crippen LogP contribution in [0.3, 0.4) is 0 Å². The van der Waals surface area contributed by atoms with Gasteiger partial charge in [-0.3, -0.25) is 38.4 Å². The molecule has 1 aromatic rings. The molecule has 1 aliphatic rings. The van der Waals surface area contributed by atoms with Crippen molar-refractivity contribution in [2.24, 2.45) is 17.4 Å². The molecule has 2 rings (SSSR count). The zero-order chi connectivity index (χ0) is 40.5. The molecule has 7 atom stereocenters. The second kappa shape index (κ2) is 21.9. The number of nitrogens with two attached hydrogens (primary N) is 2. The highest BCUT2D eigenvalue weighted by Gasteiger charge is 2.42. The maximum atomic E-state index is 14.1. The lowest BCUT2D eigenvalue weighted by Crippen LogP contribution is -2.62. The van der Waals surface area contributed by atoms with Crippen LogP contribution >= 0.6 is 0 Å². The third-order valence-corrected chi connectivity index (χ3v) is 8.76. The van der Waals surface area contributed by atoms with Crippen molar-refractivity contribution in [3.05, 3.63) is 35.9 Å². The second-order valence-corrected chi connectivity index (χ2v) is 13.4. The van der Waals surface area contributed by atoms with Gasteiger partial charge in [0, 0.05) is 19.9 Å². The Kier molecular flexibility index (Phi) is 18.2. The van der Waals surface area contributed by atoms with Gasteiger partial charge < -0.3 is 58.0 Å². The molecule has 7 unspecified atom stereocenters. The summed E-state index contributed by atoms with van der Waals surface area (Å²) in [7, 11) is 0. The number of aliphatic hydroxyl groups excluding tert-OH is 2. The molecule has 0 aliphatic carbocycles. The van der Waals surface area contributed by atoms with E-state index < -0.39 is 115 Å². The summed E-state index contributed by atoms with van der Waals surface area (Å²) in [6.07, 6.45) is -1.71. The molecule has 19 nitrogen and oxygen atoms in total. The van der Waals surface area contributed by atoms with Gasteiger partial charge >= 0.3 is 0 Å². The van der Waals surface area contributed by atoms with Gasteiger partial charge in [-0.2, -0.15) is 0 Å². The Bertz CT molecular complexity index is 1510. The molecule has 1 heterocycles. The van der Waals surface area contributed by atoms with Crippen LogP contribution in [0.5, 0.6) is 0 Å². The average molecular weight is 761 g/mol. The summed E-state index contributed by atoms with van der Waals surface area (Å²) in [5.41, 5.74) is 11.4. The normalized spacial score (nSPS) is 17.1. The fourth-order valence-electron chi connectivity index (χ4n) is 5.75. The zero-order valence-electron chi connectivity index (χ0n) is 30.6. The molecule has 0 aromatic heterocycles. The number of nitrogens with zero attached hydrogens (tertiary/aromatic N) is 1. The highest BCUT2D eigenvalue weighted by atomic mass is 16.3. The topological polar surface area (TPSA) is 310 Å². The number of hydrogen-bond donors (Lipinski definition) is 9. The minimum atomic E-state index is -1.78. The van der Waals surface area contributed by atoms with Crippen molar-refractivity contribution < 1.29 is 53.4 Å². The number of hydrogen-bond acceptors (Lipinski definition) is 11. The number of likely N-dealkylation sites (tertiary alicyclic amines) is 1. The first-order chi connectivity index (χ1) is 25.5. The SMILES string of the molecule is CC(=O)NC(CO)C(=O)NC(CCC(N)=O)C(=O)NC(CC(N)=O)C(=O)NC(C(=O)N1CCCC1C(=O)NC(C=O)C(C)C)C(O)CCc1ccccc1. The number of nitrogens with one attached hydrogen (secondary N) is 5. The molecule has 8 amide bonds. The van der Waals surface area contributed by atoms with Gasteiger partial charge in [0.05, 0.1) is 25.2 Å². The predicted octanol–water partition coefficient (Wildman–Crippen LogP) is -3.60. The van der Waals surface area contributed by atoms with Gasteiger partial charge in [-0.1, -0.05) is 44.2 Å². The van der Waals surface area contributed by atoms with Gasteiger partial charge in [0.25, 0.3) is 0 Å². The van der Waals surface area contributed by atoms with Crippen molar-refractivity contribution in [1.82, 2.24) is 31.5 Å². The first kappa shape index (κ1) is 44.7. The zero-order valence-corrected chi connectivity index (χ0v) is 30.6. The molecule has 1 saturated heterocycles. The van der Waals surface area contributed by atoms with Crippen LogP contribution in [-0.4, -0.2) is 124 Å². The summed E-state index contributed by atoms with van der Waals surface area (Å²) >= 11 is 0. The van der Waals surface area contributed by atoms with E-state index >= 15 is 0 Å². The van der Waals surface area contributed by atoms with Gasteiger partial charge in [0.2, 0.25) is 47.3 Å². The molecule has 298 valence electrons. The molecule has 1 fully saturated rings. The van der Waals surface area contributed by atoms with Gasteiger partial charge in [-0.25, -0.2) is 0 Å². The lowest BCUT2D eigenvalue weighted by molar-refractivity contribution is -0.145. The van der Waals surface area contributed by atoms with E-state index in [0.29, 0.717) is 12.7 Å². The molecule has 1 aliphatic heterocycles. The Hall–Kier alpha value is -5.43. The molecule has 0 spiro atoms. The summed E-state index contributed by atoms with van der Waals surface area (Å²) in [6.45, 7) is 3.79. The minimum Gasteiger partial charge on any atom is -0.394 e. The van der Waals surface area contributed by atoms with Crippen molar-refractivity contribution in [3.63, 3.8) is 0 Å². The van der Waals surface area contributed by atoms with E-state index in [4.69, 9.17) is 11.5 Å². The van der Waals surface area contributed by atoms with Crippen LogP contribution in [0, 0.1) is 5.92 Å². The lowest BCUT2D eigenvalue weighted by atomic mass is 9.99. The predicted molar refractivity (Wildman–Crippen MR) is 191 cm³/mol. The third kappa shape index (κ3) is 14.2. The Balaban J connectivity index is 2.40. The van der Waals surface area contributed by atoms with Gasteiger partial charge in [-0.05, 0) is 43.6 Å². The summed E-state index contributed by atoms with van der Waals surface area (Å²) in [5, 5.41) is 32.7. The molecular weight excluding hydrogens is 708 g/mol. The molecule has 0 bridgehead atoms. The molecule has 54 heavy (non-hydrogen) atoms. The second-order valence-electron chi connectivity index (χ2n) is 13.4. The molecule has 19 heteroatoms. The van der Waals surface area contributed by atoms with Crippen LogP contribution < -0.4 is 38.1 Å². The molecule has 0 saturated carbocycles. The smallest absolute Gasteiger partial charge is 0.248 e. The van der Waals surface area contributed by atoms with Crippen molar-refractivity contribution >= 4 is 53.5 Å². The van der Waals surface area contributed by atoms with Crippen molar-refractivity contribution in [1.29, 1.82) is 0 Å². The van der Waals surface area contributed by atoms with E-state index in [0.717, 1.165) is 12.5 Å². The van der Waals surface area contributed by atoms with Crippen LogP contribution in [0.2, 0.25) is 0 Å². The van der Waals surface area contributed by atoms with Crippen LogP contribution in [0.1, 0.15) is 64.9 Å². The fourth-order valence-corrected chi connectivity index (χ4v) is 5.75. The van der Waals surface area contributed by atoms with E-state index in [2.05, 4.69) is 26.6 Å². The Morgan fingerprint density at radius 3 is 2.02 bits per heavy atom. The number of aldehydes is 1. The molecule has 1 aromatic carbocycles. The molecule has 11 N–H and O–H groups in total. The van der Waals surface area contributed by atoms with Gasteiger partial charge in [-0.15, -0.1) is 0 Å². The van der Waals surface area contributed by atoms with Crippen molar-refractivity contribution in [2.45, 2.75) is 108 Å². The number of benzene rings is 1. The summed E-state index contributed by atoms with van der Waals surface area (Å²) in [4.78, 5) is 115. The van der Waals surface area contributed by atoms with Crippen LogP contribution in [0.4, 0.5) is 0 Å². The van der Waals surface area contributed by atoms with Crippen LogP contribution in [-0.2, 0) is 49.6 Å². The number of carbonyl (C=O) groups is 9. The number of rotatable bonds is 22. The molecule has 0 radical (unpaired) electrons. The van der Waals surface area contributed by atoms with E-state index in [1.165, 1.54) is 4.90 Å². The van der Waals surface area contributed by atoms with Gasteiger partial charge in [0.1, 0.15) is 36.5 Å². The van der Waals surface area contributed by atoms with E-state index in [1.807, 2.05) is 0 Å². The Morgan fingerprint density at radius 1 is 0.852 bits per heavy atom. The lowest BCUT2D eigenvalue weighted by Gasteiger charge is -2.32. The summed E-state index contributed by atoms with van der Waals surface area (Å²) < 4.78 is 0. The Morgan fingerprint density at radius 2 is 1.46 bits per heavy atom. The van der Waals surface area contributed by atoms with Gasteiger partial charge in [0.15, 0.2) is 0 Å². The van der Waals surface area contributed by atoms with Crippen LogP contribution in [0.25, 0.3) is 0 Å². The maximum absolute atomic E-state index is 14.1. The van der Waals surface area contributed by atoms with E-state index in [1.54, 1.807) is 44.2 Å². The third-order valence-electron chi connectivity index (χ3n) is 8.76. The monoisotopic (exact) mass is 760 g/mol. The Labute approximate surface area is 312 Å². The standard InChI is InChI=1S/C35H52N8O11/c1-19(2)24(17-44)41-34(53)26-10-7-15-43(26)35(54)30(27(47)13-11-21-8-5-4-6-9-21)42-32(51)23(16-29(37)49)40-31(50)22(12-14-28(36)48)39-33(52)25(18-45)38-20(3)46/h4-6,8-9,17,19,22-27,30,45,47H,7,10-16,18H2,1-3H3,(H2,36,48)(H2,37,49)(H,38,46)(H,39,52)(H,40,50)(H,41,53)(H,42,51). The van der Waals surface area contributed by atoms with Crippen molar-refractivity contribution in [2.75, 3.05) is 13.2 Å². The average Bonchev–Trinajstić information content (AvgIpc) is 3.62. The molecular formula is C35H52N8O11.